The van der Waals surface area contributed by atoms with Gasteiger partial charge in [-0.3, -0.25) is 4.79 Å². The Hall–Kier alpha value is -0.800. The van der Waals surface area contributed by atoms with Crippen LogP contribution in [0.2, 0.25) is 0 Å². The van der Waals surface area contributed by atoms with Gasteiger partial charge in [0.2, 0.25) is 5.82 Å². The van der Waals surface area contributed by atoms with E-state index in [4.69, 9.17) is 0 Å². The van der Waals surface area contributed by atoms with Crippen LogP contribution in [0.3, 0.4) is 0 Å². The average Bonchev–Trinajstić information content (AvgIpc) is 2.70. The summed E-state index contributed by atoms with van der Waals surface area (Å²) in [5, 5.41) is 0. The van der Waals surface area contributed by atoms with Crippen LogP contribution in [0.15, 0.2) is 4.90 Å². The van der Waals surface area contributed by atoms with Crippen LogP contribution in [0, 0.1) is 45.8 Å². The summed E-state index contributed by atoms with van der Waals surface area (Å²) in [5.74, 6) is -9.33. The first kappa shape index (κ1) is 20.5. The molecule has 1 aliphatic carbocycles. The van der Waals surface area contributed by atoms with Gasteiger partial charge in [0, 0.05) is 17.6 Å². The number of rotatable bonds is 5. The molecule has 1 N–H and O–H groups in total. The van der Waals surface area contributed by atoms with Gasteiger partial charge in [-0.15, -0.1) is 0 Å². The molecule has 140 valence electrons. The second kappa shape index (κ2) is 7.08. The molecule has 0 saturated heterocycles. The molecular formula is C16H18F5NOS2. The maximum Gasteiger partial charge on any atom is 0.200 e. The number of hydrogen-bond acceptors (Lipinski definition) is 4. The third-order valence-corrected chi connectivity index (χ3v) is 7.58. The number of carbonyl (C=O) groups excluding carboxylic acids is 1. The average molecular weight is 399 g/mol. The number of Topliss-reactive ketones (excluding diaryl/α,β-unsaturated/α-hetero) is 1. The van der Waals surface area contributed by atoms with Crippen molar-refractivity contribution in [3.63, 3.8) is 0 Å². The van der Waals surface area contributed by atoms with Gasteiger partial charge in [0.05, 0.1) is 0 Å². The predicted octanol–water partition coefficient (Wildman–Crippen LogP) is 5.27. The van der Waals surface area contributed by atoms with E-state index < -0.39 is 39.4 Å². The van der Waals surface area contributed by atoms with Crippen LogP contribution in [0.25, 0.3) is 0 Å². The molecule has 0 radical (unpaired) electrons. The lowest BCUT2D eigenvalue weighted by atomic mass is 9.67. The summed E-state index contributed by atoms with van der Waals surface area (Å²) in [6, 6.07) is 0. The van der Waals surface area contributed by atoms with Crippen molar-refractivity contribution in [1.29, 1.82) is 0 Å². The first-order valence-electron chi connectivity index (χ1n) is 7.53. The van der Waals surface area contributed by atoms with Crippen LogP contribution < -0.4 is 4.13 Å². The van der Waals surface area contributed by atoms with Crippen molar-refractivity contribution in [2.75, 3.05) is 5.75 Å². The van der Waals surface area contributed by atoms with Crippen LogP contribution in [0.1, 0.15) is 34.1 Å². The van der Waals surface area contributed by atoms with E-state index in [0.29, 0.717) is 24.1 Å². The van der Waals surface area contributed by atoms with E-state index >= 15 is 0 Å². The van der Waals surface area contributed by atoms with Crippen molar-refractivity contribution in [3.05, 3.63) is 29.1 Å². The Bertz CT molecular complexity index is 683. The topological polar surface area (TPSA) is 29.1 Å². The molecule has 2 nitrogen and oxygen atoms in total. The van der Waals surface area contributed by atoms with E-state index in [1.54, 1.807) is 0 Å². The highest BCUT2D eigenvalue weighted by Gasteiger charge is 2.55. The molecule has 2 rings (SSSR count). The Labute approximate surface area is 151 Å². The molecule has 0 spiro atoms. The van der Waals surface area contributed by atoms with Gasteiger partial charge in [-0.05, 0) is 23.3 Å². The fourth-order valence-electron chi connectivity index (χ4n) is 2.85. The maximum atomic E-state index is 13.6. The van der Waals surface area contributed by atoms with Gasteiger partial charge in [-0.1, -0.05) is 39.6 Å². The van der Waals surface area contributed by atoms with Crippen molar-refractivity contribution in [2.24, 2.45) is 16.7 Å². The van der Waals surface area contributed by atoms with Crippen molar-refractivity contribution >= 4 is 29.7 Å². The van der Waals surface area contributed by atoms with Gasteiger partial charge >= 0.3 is 0 Å². The number of ketones is 1. The molecule has 1 saturated carbocycles. The van der Waals surface area contributed by atoms with Gasteiger partial charge in [-0.25, -0.2) is 26.1 Å². The minimum absolute atomic E-state index is 0.0977. The SMILES string of the molecule is CC1CC(=O)C(C)(CSNSc2c(F)c(F)c(F)c(F)c2F)C1(C)C. The molecule has 1 fully saturated rings. The Morgan fingerprint density at radius 2 is 1.48 bits per heavy atom. The molecule has 0 aromatic heterocycles. The number of nitrogens with one attached hydrogen (secondary N) is 1. The molecule has 1 aromatic carbocycles. The maximum absolute atomic E-state index is 13.6. The van der Waals surface area contributed by atoms with Gasteiger partial charge in [0.15, 0.2) is 23.3 Å². The molecule has 0 heterocycles. The van der Waals surface area contributed by atoms with Crippen molar-refractivity contribution in [1.82, 2.24) is 4.13 Å². The monoisotopic (exact) mass is 399 g/mol. The van der Waals surface area contributed by atoms with Gasteiger partial charge in [0.1, 0.15) is 10.7 Å². The van der Waals surface area contributed by atoms with Gasteiger partial charge < -0.3 is 0 Å². The summed E-state index contributed by atoms with van der Waals surface area (Å²) in [4.78, 5) is 11.3. The van der Waals surface area contributed by atoms with E-state index in [1.807, 2.05) is 27.7 Å². The summed E-state index contributed by atoms with van der Waals surface area (Å²) in [6.45, 7) is 7.79. The number of benzene rings is 1. The van der Waals surface area contributed by atoms with Crippen molar-refractivity contribution in [2.45, 2.75) is 39.0 Å². The fraction of sp³-hybridized carbons (Fsp3) is 0.562. The molecular weight excluding hydrogens is 381 g/mol. The minimum Gasteiger partial charge on any atom is -0.299 e. The number of hydrogen-bond donors (Lipinski definition) is 1. The van der Waals surface area contributed by atoms with Crippen LogP contribution in [-0.4, -0.2) is 11.5 Å². The van der Waals surface area contributed by atoms with E-state index in [9.17, 15) is 26.7 Å². The summed E-state index contributed by atoms with van der Waals surface area (Å²) >= 11 is 1.31. The molecule has 0 aliphatic heterocycles. The smallest absolute Gasteiger partial charge is 0.200 e. The summed E-state index contributed by atoms with van der Waals surface area (Å²) in [6.07, 6.45) is 0.453. The normalized spacial score (nSPS) is 25.6. The lowest BCUT2D eigenvalue weighted by Crippen LogP contribution is -2.40. The van der Waals surface area contributed by atoms with Crippen molar-refractivity contribution < 1.29 is 26.7 Å². The number of carbonyl (C=O) groups is 1. The quantitative estimate of drug-likeness (QED) is 0.240. The predicted molar refractivity (Wildman–Crippen MR) is 88.4 cm³/mol. The third-order valence-electron chi connectivity index (χ3n) is 5.49. The van der Waals surface area contributed by atoms with Gasteiger partial charge in [-0.2, -0.15) is 0 Å². The molecule has 25 heavy (non-hydrogen) atoms. The largest absolute Gasteiger partial charge is 0.299 e. The zero-order chi connectivity index (χ0) is 19.2. The highest BCUT2D eigenvalue weighted by atomic mass is 32.2. The summed E-state index contributed by atoms with van der Waals surface area (Å²) in [7, 11) is 0. The second-order valence-electron chi connectivity index (χ2n) is 6.96. The van der Waals surface area contributed by atoms with Crippen LogP contribution in [0.5, 0.6) is 0 Å². The molecule has 2 atom stereocenters. The van der Waals surface area contributed by atoms with Gasteiger partial charge in [0.25, 0.3) is 0 Å². The second-order valence-corrected chi connectivity index (χ2v) is 8.81. The van der Waals surface area contributed by atoms with Crippen LogP contribution >= 0.6 is 23.9 Å². The molecule has 9 heteroatoms. The first-order chi connectivity index (χ1) is 11.4. The third kappa shape index (κ3) is 3.30. The lowest BCUT2D eigenvalue weighted by molar-refractivity contribution is -0.126. The van der Waals surface area contributed by atoms with Crippen LogP contribution in [0.4, 0.5) is 22.0 Å². The Morgan fingerprint density at radius 3 is 1.92 bits per heavy atom. The zero-order valence-corrected chi connectivity index (χ0v) is 15.7. The van der Waals surface area contributed by atoms with E-state index in [2.05, 4.69) is 4.13 Å². The molecule has 0 amide bonds. The Kier molecular flexibility index (Phi) is 5.80. The Morgan fingerprint density at radius 1 is 1.00 bits per heavy atom. The standard InChI is InChI=1S/C16H18F5NOS2/c1-7-5-8(23)16(4,15(7,2)3)6-24-22-25-14-12(20)10(18)9(17)11(19)13(14)21/h7,22H,5-6H2,1-4H3. The summed E-state index contributed by atoms with van der Waals surface area (Å²) < 4.78 is 69.1. The first-order valence-corrected chi connectivity index (χ1v) is 9.33. The highest BCUT2D eigenvalue weighted by Crippen LogP contribution is 2.54. The minimum atomic E-state index is -2.19. The lowest BCUT2D eigenvalue weighted by Gasteiger charge is -2.39. The van der Waals surface area contributed by atoms with Crippen LogP contribution in [-0.2, 0) is 4.79 Å². The van der Waals surface area contributed by atoms with E-state index in [-0.39, 0.29) is 17.1 Å². The van der Waals surface area contributed by atoms with E-state index in [0.717, 1.165) is 11.9 Å². The highest BCUT2D eigenvalue weighted by molar-refractivity contribution is 8.12. The Balaban J connectivity index is 2.07. The molecule has 1 aromatic rings. The molecule has 0 bridgehead atoms. The van der Waals surface area contributed by atoms with Crippen molar-refractivity contribution in [3.8, 4) is 0 Å². The fourth-order valence-corrected chi connectivity index (χ4v) is 4.83. The molecule has 1 aliphatic rings. The summed E-state index contributed by atoms with van der Waals surface area (Å²) in [5.41, 5.74) is -0.922. The van der Waals surface area contributed by atoms with E-state index in [1.165, 1.54) is 0 Å². The molecule has 2 unspecified atom stereocenters. The number of halogens is 5. The zero-order valence-electron chi connectivity index (χ0n) is 14.1.